The largest absolute Gasteiger partial charge is 0.467 e. The molecule has 2 N–H and O–H groups in total. The van der Waals surface area contributed by atoms with E-state index in [2.05, 4.69) is 0 Å². The third kappa shape index (κ3) is 3.98. The van der Waals surface area contributed by atoms with Crippen molar-refractivity contribution in [2.45, 2.75) is 25.3 Å². The summed E-state index contributed by atoms with van der Waals surface area (Å²) in [5.41, 5.74) is 5.27. The molecule has 1 atom stereocenters. The number of piperidine rings is 1. The molecule has 17 heavy (non-hydrogen) atoms. The van der Waals surface area contributed by atoms with Crippen LogP contribution in [0.1, 0.15) is 19.3 Å². The Balaban J connectivity index is 2.52. The zero-order valence-corrected chi connectivity index (χ0v) is 10.2. The molecule has 1 amide bonds. The molecule has 1 fully saturated rings. The Labute approximate surface area is 101 Å². The van der Waals surface area contributed by atoms with Crippen LogP contribution in [-0.4, -0.2) is 56.2 Å². The van der Waals surface area contributed by atoms with E-state index in [0.717, 1.165) is 12.8 Å². The Kier molecular flexibility index (Phi) is 5.93. The number of hydrogen-bond donors (Lipinski definition) is 1. The molecule has 0 aliphatic carbocycles. The molecule has 1 aliphatic rings. The summed E-state index contributed by atoms with van der Waals surface area (Å²) in [6.07, 6.45) is 2.51. The van der Waals surface area contributed by atoms with Crippen LogP contribution in [0, 0.1) is 0 Å². The topological polar surface area (TPSA) is 81.9 Å². The number of ether oxygens (including phenoxy) is 2. The van der Waals surface area contributed by atoms with Crippen molar-refractivity contribution in [3.63, 3.8) is 0 Å². The number of carbonyl (C=O) groups excluding carboxylic acids is 2. The number of nitrogens with zero attached hydrogens (tertiary/aromatic N) is 1. The zero-order chi connectivity index (χ0) is 12.7. The van der Waals surface area contributed by atoms with Crippen LogP contribution >= 0.6 is 0 Å². The van der Waals surface area contributed by atoms with Crippen molar-refractivity contribution >= 4 is 11.9 Å². The maximum Gasteiger partial charge on any atom is 0.328 e. The van der Waals surface area contributed by atoms with Gasteiger partial charge < -0.3 is 20.1 Å². The fraction of sp³-hybridized carbons (Fsp3) is 0.818. The second-order valence-electron chi connectivity index (χ2n) is 3.96. The normalized spacial score (nSPS) is 20.1. The van der Waals surface area contributed by atoms with Crippen molar-refractivity contribution in [1.82, 2.24) is 4.90 Å². The molecule has 98 valence electrons. The minimum absolute atomic E-state index is 0.0231. The lowest BCUT2D eigenvalue weighted by atomic mass is 10.0. The van der Waals surface area contributed by atoms with Gasteiger partial charge in [-0.05, 0) is 19.3 Å². The van der Waals surface area contributed by atoms with Gasteiger partial charge in [0.2, 0.25) is 5.91 Å². The zero-order valence-electron chi connectivity index (χ0n) is 10.2. The summed E-state index contributed by atoms with van der Waals surface area (Å²) in [6, 6.07) is -0.456. The first-order valence-corrected chi connectivity index (χ1v) is 5.85. The van der Waals surface area contributed by atoms with Crippen LogP contribution in [0.25, 0.3) is 0 Å². The second kappa shape index (κ2) is 7.24. The molecule has 0 radical (unpaired) electrons. The van der Waals surface area contributed by atoms with Crippen LogP contribution < -0.4 is 5.73 Å². The van der Waals surface area contributed by atoms with Gasteiger partial charge in [0.05, 0.1) is 13.7 Å². The number of hydrogen-bond acceptors (Lipinski definition) is 5. The van der Waals surface area contributed by atoms with Crippen molar-refractivity contribution < 1.29 is 19.1 Å². The van der Waals surface area contributed by atoms with Crippen molar-refractivity contribution in [3.05, 3.63) is 0 Å². The molecule has 6 nitrogen and oxygen atoms in total. The lowest BCUT2D eigenvalue weighted by molar-refractivity contribution is -0.156. The molecule has 1 heterocycles. The summed E-state index contributed by atoms with van der Waals surface area (Å²) in [5.74, 6) is -0.523. The molecular formula is C11H20N2O4. The lowest BCUT2D eigenvalue weighted by Crippen LogP contribution is -2.49. The van der Waals surface area contributed by atoms with Crippen LogP contribution in [0.4, 0.5) is 0 Å². The van der Waals surface area contributed by atoms with E-state index in [0.29, 0.717) is 26.1 Å². The highest BCUT2D eigenvalue weighted by Crippen LogP contribution is 2.18. The molecule has 0 aromatic heterocycles. The SMILES string of the molecule is COC(=O)C1CCCCN1C(=O)COCCN. The summed E-state index contributed by atoms with van der Waals surface area (Å²) < 4.78 is 9.79. The molecule has 0 saturated carbocycles. The van der Waals surface area contributed by atoms with Crippen molar-refractivity contribution in [2.75, 3.05) is 33.4 Å². The molecule has 1 aliphatic heterocycles. The Morgan fingerprint density at radius 3 is 2.82 bits per heavy atom. The molecule has 1 saturated heterocycles. The van der Waals surface area contributed by atoms with Crippen LogP contribution in [0.3, 0.4) is 0 Å². The fourth-order valence-corrected chi connectivity index (χ4v) is 1.94. The van der Waals surface area contributed by atoms with Crippen LogP contribution in [0.2, 0.25) is 0 Å². The van der Waals surface area contributed by atoms with E-state index in [1.165, 1.54) is 7.11 Å². The third-order valence-electron chi connectivity index (χ3n) is 2.78. The first kappa shape index (κ1) is 13.9. The fourth-order valence-electron chi connectivity index (χ4n) is 1.94. The van der Waals surface area contributed by atoms with E-state index < -0.39 is 6.04 Å². The molecule has 1 unspecified atom stereocenters. The monoisotopic (exact) mass is 244 g/mol. The van der Waals surface area contributed by atoms with E-state index in [-0.39, 0.29) is 18.5 Å². The number of methoxy groups -OCH3 is 1. The summed E-state index contributed by atoms with van der Waals surface area (Å²) in [4.78, 5) is 24.9. The summed E-state index contributed by atoms with van der Waals surface area (Å²) in [7, 11) is 1.34. The minimum Gasteiger partial charge on any atom is -0.467 e. The summed E-state index contributed by atoms with van der Waals surface area (Å²) in [6.45, 7) is 1.30. The molecule has 6 heteroatoms. The van der Waals surface area contributed by atoms with E-state index >= 15 is 0 Å². The summed E-state index contributed by atoms with van der Waals surface area (Å²) in [5, 5.41) is 0. The van der Waals surface area contributed by atoms with Gasteiger partial charge in [0.25, 0.3) is 0 Å². The van der Waals surface area contributed by atoms with Gasteiger partial charge in [-0.3, -0.25) is 4.79 Å². The van der Waals surface area contributed by atoms with Gasteiger partial charge in [-0.2, -0.15) is 0 Å². The number of carbonyl (C=O) groups is 2. The number of esters is 1. The van der Waals surface area contributed by atoms with Crippen molar-refractivity contribution in [3.8, 4) is 0 Å². The van der Waals surface area contributed by atoms with Crippen LogP contribution in [0.5, 0.6) is 0 Å². The first-order valence-electron chi connectivity index (χ1n) is 5.85. The Morgan fingerprint density at radius 2 is 2.18 bits per heavy atom. The molecule has 0 spiro atoms. The molecule has 0 bridgehead atoms. The highest BCUT2D eigenvalue weighted by molar-refractivity contribution is 5.85. The average Bonchev–Trinajstić information content (AvgIpc) is 2.38. The van der Waals surface area contributed by atoms with Gasteiger partial charge in [-0.1, -0.05) is 0 Å². The molecular weight excluding hydrogens is 224 g/mol. The maximum atomic E-state index is 11.9. The molecule has 0 aromatic rings. The molecule has 0 aromatic carbocycles. The third-order valence-corrected chi connectivity index (χ3v) is 2.78. The van der Waals surface area contributed by atoms with E-state index in [1.54, 1.807) is 4.90 Å². The van der Waals surface area contributed by atoms with Gasteiger partial charge in [0.1, 0.15) is 12.6 Å². The van der Waals surface area contributed by atoms with Crippen LogP contribution in [-0.2, 0) is 19.1 Å². The highest BCUT2D eigenvalue weighted by atomic mass is 16.5. The number of likely N-dealkylation sites (tertiary alicyclic amines) is 1. The van der Waals surface area contributed by atoms with Gasteiger partial charge >= 0.3 is 5.97 Å². The standard InChI is InChI=1S/C11H20N2O4/c1-16-11(15)9-4-2-3-6-13(9)10(14)8-17-7-5-12/h9H,2-8,12H2,1H3. The Bertz CT molecular complexity index is 270. The van der Waals surface area contributed by atoms with Gasteiger partial charge in [-0.15, -0.1) is 0 Å². The van der Waals surface area contributed by atoms with E-state index in [1.807, 2.05) is 0 Å². The minimum atomic E-state index is -0.456. The van der Waals surface area contributed by atoms with E-state index in [4.69, 9.17) is 15.2 Å². The first-order chi connectivity index (χ1) is 8.20. The molecule has 1 rings (SSSR count). The lowest BCUT2D eigenvalue weighted by Gasteiger charge is -2.33. The Morgan fingerprint density at radius 1 is 1.41 bits per heavy atom. The van der Waals surface area contributed by atoms with Gasteiger partial charge in [0.15, 0.2) is 0 Å². The number of amides is 1. The van der Waals surface area contributed by atoms with Crippen molar-refractivity contribution in [1.29, 1.82) is 0 Å². The van der Waals surface area contributed by atoms with Gasteiger partial charge in [0, 0.05) is 13.1 Å². The predicted molar refractivity (Wildman–Crippen MR) is 61.2 cm³/mol. The Hall–Kier alpha value is -1.14. The summed E-state index contributed by atoms with van der Waals surface area (Å²) >= 11 is 0. The van der Waals surface area contributed by atoms with E-state index in [9.17, 15) is 9.59 Å². The predicted octanol–water partition coefficient (Wildman–Crippen LogP) is -0.484. The number of nitrogens with two attached hydrogens (primary N) is 1. The average molecular weight is 244 g/mol. The van der Waals surface area contributed by atoms with Gasteiger partial charge in [-0.25, -0.2) is 4.79 Å². The second-order valence-corrected chi connectivity index (χ2v) is 3.96. The van der Waals surface area contributed by atoms with Crippen molar-refractivity contribution in [2.24, 2.45) is 5.73 Å². The van der Waals surface area contributed by atoms with Crippen LogP contribution in [0.15, 0.2) is 0 Å². The quantitative estimate of drug-likeness (QED) is 0.521. The highest BCUT2D eigenvalue weighted by Gasteiger charge is 2.32. The number of rotatable bonds is 5. The smallest absolute Gasteiger partial charge is 0.328 e. The maximum absolute atomic E-state index is 11.9.